The fraction of sp³-hybridized carbons (Fsp3) is 0.600. The number of halogens is 1. The van der Waals surface area contributed by atoms with Crippen LogP contribution in [0.15, 0.2) is 0 Å². The molecule has 0 unspecified atom stereocenters. The third-order valence-electron chi connectivity index (χ3n) is 0.348. The molecular weight excluding hydrogens is 144 g/mol. The molecule has 0 aliphatic heterocycles. The van der Waals surface area contributed by atoms with Crippen LogP contribution < -0.4 is 0 Å². The summed E-state index contributed by atoms with van der Waals surface area (Å²) in [6.07, 6.45) is 0. The number of esters is 1. The molecule has 54 valence electrons. The molecule has 0 radical (unpaired) electrons. The number of rotatable bonds is 1. The van der Waals surface area contributed by atoms with Crippen molar-refractivity contribution in [1.29, 1.82) is 0 Å². The topological polar surface area (TPSA) is 43.4 Å². The van der Waals surface area contributed by atoms with Gasteiger partial charge in [0.2, 0.25) is 5.75 Å². The van der Waals surface area contributed by atoms with Crippen molar-refractivity contribution in [3.05, 3.63) is 0 Å². The average molecular weight is 153 g/mol. The zero-order valence-corrected chi connectivity index (χ0v) is 6.14. The van der Waals surface area contributed by atoms with Crippen molar-refractivity contribution in [2.24, 2.45) is 0 Å². The van der Waals surface area contributed by atoms with E-state index in [1.165, 1.54) is 6.92 Å². The zero-order valence-electron chi connectivity index (χ0n) is 5.39. The van der Waals surface area contributed by atoms with E-state index >= 15 is 0 Å². The van der Waals surface area contributed by atoms with Gasteiger partial charge >= 0.3 is 5.97 Å². The zero-order chi connectivity index (χ0) is 7.70. The van der Waals surface area contributed by atoms with Crippen molar-refractivity contribution in [3.63, 3.8) is 0 Å². The molecule has 0 saturated carbocycles. The first-order chi connectivity index (χ1) is 4.18. The molecule has 0 spiro atoms. The molecule has 0 heterocycles. The highest BCUT2D eigenvalue weighted by Crippen LogP contribution is 1.69. The quantitative estimate of drug-likeness (QED) is 0.320. The first kappa shape index (κ1) is 11.3. The maximum Gasteiger partial charge on any atom is 0.302 e. The highest BCUT2D eigenvalue weighted by atomic mass is 35.5. The first-order valence-corrected chi connectivity index (χ1v) is 2.79. The Balaban J connectivity index is 0. The van der Waals surface area contributed by atoms with Crippen LogP contribution in [0.1, 0.15) is 13.8 Å². The Kier molecular flexibility index (Phi) is 13.0. The summed E-state index contributed by atoms with van der Waals surface area (Å²) < 4.78 is 4.40. The third kappa shape index (κ3) is 37.1. The average Bonchev–Trinajstić information content (AvgIpc) is 1.67. The van der Waals surface area contributed by atoms with E-state index in [2.05, 4.69) is 16.3 Å². The van der Waals surface area contributed by atoms with Gasteiger partial charge in [0.15, 0.2) is 0 Å². The predicted molar refractivity (Wildman–Crippen MR) is 34.9 cm³/mol. The first-order valence-electron chi connectivity index (χ1n) is 2.36. The van der Waals surface area contributed by atoms with Crippen LogP contribution in [0, 0.1) is 0 Å². The molecule has 3 nitrogen and oxygen atoms in total. The van der Waals surface area contributed by atoms with E-state index in [4.69, 9.17) is 4.79 Å². The summed E-state index contributed by atoms with van der Waals surface area (Å²) in [7, 11) is 0. The standard InChI is InChI=1S/C4H8O2.CHClO/c1-3-6-4(2)5;2-1-3/h3H2,1-2H3;1H. The molecule has 0 atom stereocenters. The summed E-state index contributed by atoms with van der Waals surface area (Å²) in [6, 6.07) is 0. The van der Waals surface area contributed by atoms with Gasteiger partial charge in [-0.3, -0.25) is 9.59 Å². The highest BCUT2D eigenvalue weighted by Gasteiger charge is 1.81. The normalized spacial score (nSPS) is 6.56. The van der Waals surface area contributed by atoms with Crippen LogP contribution in [-0.2, 0) is 14.3 Å². The van der Waals surface area contributed by atoms with Gasteiger partial charge in [-0.05, 0) is 18.5 Å². The monoisotopic (exact) mass is 152 g/mol. The van der Waals surface area contributed by atoms with Gasteiger partial charge in [0.05, 0.1) is 6.61 Å². The summed E-state index contributed by atoms with van der Waals surface area (Å²) in [5, 5.41) is 0. The minimum atomic E-state index is -0.211. The fourth-order valence-electron chi connectivity index (χ4n) is 0.203. The van der Waals surface area contributed by atoms with E-state index in [9.17, 15) is 4.79 Å². The Morgan fingerprint density at radius 2 is 2.11 bits per heavy atom. The van der Waals surface area contributed by atoms with Gasteiger partial charge in [0.25, 0.3) is 0 Å². The van der Waals surface area contributed by atoms with Crippen molar-refractivity contribution in [2.75, 3.05) is 6.61 Å². The second kappa shape index (κ2) is 10.4. The maximum absolute atomic E-state index is 9.82. The molecule has 4 heteroatoms. The second-order valence-corrected chi connectivity index (χ2v) is 1.19. The number of carbonyl (C=O) groups excluding carboxylic acids is 2. The number of hydrogen-bond donors (Lipinski definition) is 0. The van der Waals surface area contributed by atoms with E-state index in [0.29, 0.717) is 6.61 Å². The Morgan fingerprint density at radius 1 is 1.78 bits per heavy atom. The molecule has 0 aromatic heterocycles. The lowest BCUT2D eigenvalue weighted by atomic mass is 10.8. The minimum absolute atomic E-state index is 0.211. The van der Waals surface area contributed by atoms with E-state index in [1.807, 2.05) is 0 Å². The second-order valence-electron chi connectivity index (χ2n) is 1.01. The Bertz CT molecular complexity index is 82.3. The fourth-order valence-corrected chi connectivity index (χ4v) is 0.203. The molecular formula is C5H9ClO3. The number of carbonyl (C=O) groups is 2. The molecule has 9 heavy (non-hydrogen) atoms. The summed E-state index contributed by atoms with van der Waals surface area (Å²) in [5.41, 5.74) is 0. The van der Waals surface area contributed by atoms with E-state index in [1.54, 1.807) is 6.92 Å². The van der Waals surface area contributed by atoms with Gasteiger partial charge in [-0.15, -0.1) is 0 Å². The maximum atomic E-state index is 9.82. The van der Waals surface area contributed by atoms with Crippen LogP contribution in [0.4, 0.5) is 0 Å². The van der Waals surface area contributed by atoms with Crippen LogP contribution in [-0.4, -0.2) is 18.3 Å². The molecule has 0 aromatic carbocycles. The molecule has 0 aliphatic rings. The molecule has 0 rings (SSSR count). The highest BCUT2D eigenvalue weighted by molar-refractivity contribution is 6.54. The van der Waals surface area contributed by atoms with Crippen molar-refractivity contribution < 1.29 is 14.3 Å². The Labute approximate surface area is 58.9 Å². The largest absolute Gasteiger partial charge is 0.466 e. The lowest BCUT2D eigenvalue weighted by Crippen LogP contribution is -1.95. The molecule has 0 fully saturated rings. The summed E-state index contributed by atoms with van der Waals surface area (Å²) in [5.74, 6) is 0.0116. The van der Waals surface area contributed by atoms with Gasteiger partial charge in [0.1, 0.15) is 0 Å². The van der Waals surface area contributed by atoms with Gasteiger partial charge in [-0.25, -0.2) is 0 Å². The van der Waals surface area contributed by atoms with Gasteiger partial charge < -0.3 is 4.74 Å². The number of hydrogen-bond acceptors (Lipinski definition) is 3. The van der Waals surface area contributed by atoms with Crippen LogP contribution in [0.25, 0.3) is 0 Å². The third-order valence-corrected chi connectivity index (χ3v) is 0.348. The van der Waals surface area contributed by atoms with E-state index < -0.39 is 0 Å². The van der Waals surface area contributed by atoms with Gasteiger partial charge in [0, 0.05) is 6.92 Å². The van der Waals surface area contributed by atoms with Crippen molar-refractivity contribution in [3.8, 4) is 0 Å². The van der Waals surface area contributed by atoms with Crippen LogP contribution in [0.3, 0.4) is 0 Å². The van der Waals surface area contributed by atoms with Crippen LogP contribution >= 0.6 is 11.6 Å². The Morgan fingerprint density at radius 3 is 2.11 bits per heavy atom. The van der Waals surface area contributed by atoms with Gasteiger partial charge in [-0.1, -0.05) is 0 Å². The van der Waals surface area contributed by atoms with Crippen molar-refractivity contribution in [2.45, 2.75) is 13.8 Å². The SMILES string of the molecule is CCOC(C)=O.O=CCl. The van der Waals surface area contributed by atoms with Crippen molar-refractivity contribution in [1.82, 2.24) is 0 Å². The van der Waals surface area contributed by atoms with E-state index in [0.717, 1.165) is 0 Å². The molecule has 0 N–H and O–H groups in total. The van der Waals surface area contributed by atoms with Crippen molar-refractivity contribution >= 4 is 23.3 Å². The summed E-state index contributed by atoms with van der Waals surface area (Å²) >= 11 is 4.32. The minimum Gasteiger partial charge on any atom is -0.466 e. The molecule has 0 amide bonds. The van der Waals surface area contributed by atoms with Crippen LogP contribution in [0.2, 0.25) is 0 Å². The molecule has 0 aromatic rings. The van der Waals surface area contributed by atoms with Gasteiger partial charge in [-0.2, -0.15) is 0 Å². The summed E-state index contributed by atoms with van der Waals surface area (Å²) in [4.78, 5) is 18.4. The molecule has 0 bridgehead atoms. The van der Waals surface area contributed by atoms with Crippen LogP contribution in [0.5, 0.6) is 0 Å². The summed E-state index contributed by atoms with van der Waals surface area (Å²) in [6.45, 7) is 3.65. The lowest BCUT2D eigenvalue weighted by Gasteiger charge is -1.89. The smallest absolute Gasteiger partial charge is 0.302 e. The van der Waals surface area contributed by atoms with E-state index in [-0.39, 0.29) is 11.7 Å². The molecule has 0 saturated heterocycles. The number of ether oxygens (including phenoxy) is 1. The molecule has 0 aliphatic carbocycles. The lowest BCUT2D eigenvalue weighted by molar-refractivity contribution is -0.140. The Hall–Kier alpha value is -0.570. The predicted octanol–water partition coefficient (Wildman–Crippen LogP) is 0.985.